The fourth-order valence-corrected chi connectivity index (χ4v) is 3.56. The number of hydrogen-bond donors (Lipinski definition) is 0. The van der Waals surface area contributed by atoms with Crippen molar-refractivity contribution in [2.24, 2.45) is 17.3 Å². The Bertz CT molecular complexity index is 284. The van der Waals surface area contributed by atoms with Gasteiger partial charge in [-0.05, 0) is 24.7 Å². The molecule has 4 atom stereocenters. The molecule has 2 heteroatoms. The molecule has 12 heavy (non-hydrogen) atoms. The molecule has 66 valence electrons. The predicted molar refractivity (Wildman–Crippen MR) is 43.7 cm³/mol. The Morgan fingerprint density at radius 3 is 2.50 bits per heavy atom. The van der Waals surface area contributed by atoms with Crippen molar-refractivity contribution < 1.29 is 9.53 Å². The average Bonchev–Trinajstić information content (AvgIpc) is 2.69. The smallest absolute Gasteiger partial charge is 0.156 e. The summed E-state index contributed by atoms with van der Waals surface area (Å²) in [7, 11) is 0. The van der Waals surface area contributed by atoms with Gasteiger partial charge < -0.3 is 4.74 Å². The van der Waals surface area contributed by atoms with Crippen molar-refractivity contribution in [3.8, 4) is 0 Å². The normalized spacial score (nSPS) is 63.6. The Balaban J connectivity index is 2.02. The maximum absolute atomic E-state index is 11.0. The number of carbonyl (C=O) groups is 1. The molecule has 2 aliphatic carbocycles. The van der Waals surface area contributed by atoms with Gasteiger partial charge >= 0.3 is 0 Å². The van der Waals surface area contributed by atoms with Gasteiger partial charge in [0.2, 0.25) is 0 Å². The molecule has 0 amide bonds. The van der Waals surface area contributed by atoms with E-state index in [0.29, 0.717) is 11.3 Å². The summed E-state index contributed by atoms with van der Waals surface area (Å²) in [6.07, 6.45) is 2.13. The lowest BCUT2D eigenvalue weighted by molar-refractivity contribution is -0.113. The van der Waals surface area contributed by atoms with E-state index in [2.05, 4.69) is 20.8 Å². The van der Waals surface area contributed by atoms with Crippen LogP contribution in [-0.4, -0.2) is 17.5 Å². The minimum atomic E-state index is -0.374. The first-order valence-corrected chi connectivity index (χ1v) is 4.64. The van der Waals surface area contributed by atoms with Crippen molar-refractivity contribution in [1.82, 2.24) is 0 Å². The van der Waals surface area contributed by atoms with E-state index in [1.165, 1.54) is 0 Å². The van der Waals surface area contributed by atoms with Gasteiger partial charge in [-0.15, -0.1) is 0 Å². The molecule has 0 aromatic heterocycles. The highest BCUT2D eigenvalue weighted by atomic mass is 16.6. The lowest BCUT2D eigenvalue weighted by Crippen LogP contribution is -2.26. The van der Waals surface area contributed by atoms with E-state index in [9.17, 15) is 4.79 Å². The maximum atomic E-state index is 11.0. The molecule has 3 rings (SSSR count). The highest BCUT2D eigenvalue weighted by molar-refractivity contribution is 5.74. The van der Waals surface area contributed by atoms with Crippen LogP contribution in [-0.2, 0) is 9.53 Å². The van der Waals surface area contributed by atoms with Crippen LogP contribution in [0.2, 0.25) is 0 Å². The third kappa shape index (κ3) is 0.434. The molecule has 1 saturated heterocycles. The number of rotatable bonds is 1. The summed E-state index contributed by atoms with van der Waals surface area (Å²) in [5, 5.41) is 0. The maximum Gasteiger partial charge on any atom is 0.156 e. The molecule has 0 aromatic carbocycles. The van der Waals surface area contributed by atoms with Crippen LogP contribution in [0.4, 0.5) is 0 Å². The number of aldehydes is 1. The third-order valence-electron chi connectivity index (χ3n) is 4.48. The summed E-state index contributed by atoms with van der Waals surface area (Å²) in [4.78, 5) is 11.0. The van der Waals surface area contributed by atoms with E-state index in [0.717, 1.165) is 18.6 Å². The van der Waals surface area contributed by atoms with Gasteiger partial charge in [0.25, 0.3) is 0 Å². The minimum Gasteiger partial charge on any atom is -0.354 e. The van der Waals surface area contributed by atoms with Gasteiger partial charge in [0.05, 0.1) is 0 Å². The first-order chi connectivity index (χ1) is 5.48. The second-order valence-corrected chi connectivity index (χ2v) is 5.35. The summed E-state index contributed by atoms with van der Waals surface area (Å²) in [6.45, 7) is 6.56. The van der Waals surface area contributed by atoms with E-state index < -0.39 is 0 Å². The van der Waals surface area contributed by atoms with Gasteiger partial charge in [-0.2, -0.15) is 0 Å². The Hall–Kier alpha value is -0.370. The Morgan fingerprint density at radius 2 is 2.08 bits per heavy atom. The van der Waals surface area contributed by atoms with Gasteiger partial charge in [-0.1, -0.05) is 13.8 Å². The van der Waals surface area contributed by atoms with E-state index in [1.807, 2.05) is 0 Å². The molecule has 1 aliphatic heterocycles. The van der Waals surface area contributed by atoms with Crippen LogP contribution in [0.1, 0.15) is 27.2 Å². The molecule has 0 bridgehead atoms. The molecule has 4 unspecified atom stereocenters. The molecule has 0 N–H and O–H groups in total. The van der Waals surface area contributed by atoms with Crippen LogP contribution in [0, 0.1) is 17.3 Å². The quantitative estimate of drug-likeness (QED) is 0.435. The van der Waals surface area contributed by atoms with Gasteiger partial charge in [0.1, 0.15) is 5.60 Å². The molecule has 3 fully saturated rings. The first-order valence-electron chi connectivity index (χ1n) is 4.64. The third-order valence-corrected chi connectivity index (χ3v) is 4.48. The second-order valence-electron chi connectivity index (χ2n) is 5.35. The van der Waals surface area contributed by atoms with E-state index in [4.69, 9.17) is 4.74 Å². The van der Waals surface area contributed by atoms with Crippen LogP contribution in [0.25, 0.3) is 0 Å². The Kier molecular flexibility index (Phi) is 0.819. The lowest BCUT2D eigenvalue weighted by atomic mass is 9.86. The van der Waals surface area contributed by atoms with Crippen LogP contribution in [0.3, 0.4) is 0 Å². The summed E-state index contributed by atoms with van der Waals surface area (Å²) in [6, 6.07) is 0. The summed E-state index contributed by atoms with van der Waals surface area (Å²) < 4.78 is 5.60. The van der Waals surface area contributed by atoms with Gasteiger partial charge in [0.15, 0.2) is 11.9 Å². The highest BCUT2D eigenvalue weighted by Crippen LogP contribution is 2.81. The standard InChI is InChI=1S/C10H14O2/c1-8(2)6-4-9(3)10(5-11,12-9)7(6)8/h5-7H,4H2,1-3H3. The highest BCUT2D eigenvalue weighted by Gasteiger charge is 2.88. The zero-order valence-corrected chi connectivity index (χ0v) is 7.76. The topological polar surface area (TPSA) is 29.6 Å². The summed E-state index contributed by atoms with van der Waals surface area (Å²) in [5.41, 5.74) is -0.0995. The van der Waals surface area contributed by atoms with Gasteiger partial charge in [0, 0.05) is 5.92 Å². The number of fused-ring (bicyclic) bond motifs is 3. The molecule has 0 radical (unpaired) electrons. The van der Waals surface area contributed by atoms with Gasteiger partial charge in [-0.3, -0.25) is 4.79 Å². The Labute approximate surface area is 72.3 Å². The van der Waals surface area contributed by atoms with Crippen molar-refractivity contribution in [1.29, 1.82) is 0 Å². The van der Waals surface area contributed by atoms with E-state index >= 15 is 0 Å². The zero-order valence-electron chi connectivity index (χ0n) is 7.76. The van der Waals surface area contributed by atoms with Crippen LogP contribution in [0.5, 0.6) is 0 Å². The van der Waals surface area contributed by atoms with E-state index in [1.54, 1.807) is 0 Å². The molecule has 1 heterocycles. The van der Waals surface area contributed by atoms with Crippen molar-refractivity contribution in [3.63, 3.8) is 0 Å². The SMILES string of the molecule is CC1(C)C2CC3(C)OC3(C=O)C21. The molecule has 0 spiro atoms. The first kappa shape index (κ1) is 7.07. The van der Waals surface area contributed by atoms with Crippen molar-refractivity contribution in [3.05, 3.63) is 0 Å². The largest absolute Gasteiger partial charge is 0.354 e. The molecular formula is C10H14O2. The predicted octanol–water partition coefficient (Wildman–Crippen LogP) is 1.39. The zero-order chi connectivity index (χ0) is 8.78. The van der Waals surface area contributed by atoms with Crippen molar-refractivity contribution in [2.75, 3.05) is 0 Å². The average molecular weight is 166 g/mol. The monoisotopic (exact) mass is 166 g/mol. The van der Waals surface area contributed by atoms with Gasteiger partial charge in [-0.25, -0.2) is 0 Å². The fourth-order valence-electron chi connectivity index (χ4n) is 3.56. The number of carbonyl (C=O) groups excluding carboxylic acids is 1. The Morgan fingerprint density at radius 1 is 1.42 bits per heavy atom. The summed E-state index contributed by atoms with van der Waals surface area (Å²) >= 11 is 0. The van der Waals surface area contributed by atoms with Crippen LogP contribution in [0.15, 0.2) is 0 Å². The molecule has 2 saturated carbocycles. The number of ether oxygens (including phenoxy) is 1. The number of hydrogen-bond acceptors (Lipinski definition) is 2. The van der Waals surface area contributed by atoms with Crippen molar-refractivity contribution >= 4 is 6.29 Å². The van der Waals surface area contributed by atoms with Crippen molar-refractivity contribution in [2.45, 2.75) is 38.4 Å². The molecule has 3 aliphatic rings. The fraction of sp³-hybridized carbons (Fsp3) is 0.900. The molecular weight excluding hydrogens is 152 g/mol. The minimum absolute atomic E-state index is 0.0837. The lowest BCUT2D eigenvalue weighted by Gasteiger charge is -2.11. The van der Waals surface area contributed by atoms with E-state index in [-0.39, 0.29) is 11.2 Å². The summed E-state index contributed by atoms with van der Waals surface area (Å²) in [5.74, 6) is 1.24. The molecule has 0 aromatic rings. The van der Waals surface area contributed by atoms with Crippen LogP contribution >= 0.6 is 0 Å². The number of epoxide rings is 1. The second kappa shape index (κ2) is 1.39. The molecule has 2 nitrogen and oxygen atoms in total. The van der Waals surface area contributed by atoms with Crippen LogP contribution < -0.4 is 0 Å².